The Balaban J connectivity index is 4.63. The van der Waals surface area contributed by atoms with E-state index in [0.29, 0.717) is 0 Å². The van der Waals surface area contributed by atoms with E-state index in [9.17, 15) is 14.4 Å². The van der Waals surface area contributed by atoms with Crippen molar-refractivity contribution in [2.24, 2.45) is 5.73 Å². The molecule has 0 aromatic carbocycles. The summed E-state index contributed by atoms with van der Waals surface area (Å²) < 4.78 is 0. The van der Waals surface area contributed by atoms with Crippen LogP contribution in [0, 0.1) is 0 Å². The molecule has 2 amide bonds. The molecule has 0 rings (SSSR count). The summed E-state index contributed by atoms with van der Waals surface area (Å²) in [5, 5.41) is 12.9. The maximum absolute atomic E-state index is 10.9. The summed E-state index contributed by atoms with van der Waals surface area (Å²) in [5.74, 6) is -2.59. The van der Waals surface area contributed by atoms with E-state index in [0.717, 1.165) is 13.8 Å². The number of aliphatic carboxylic acids is 1. The van der Waals surface area contributed by atoms with Crippen LogP contribution in [-0.4, -0.2) is 35.1 Å². The standard InChI is InChI=1S/C7H13N3O4/c1-4(11)9-7(2,6(13)14)10-5(12)3-8/h3,8H2,1-2H3,(H,9,11)(H,10,12)(H,13,14)/t7-/m0/s1. The van der Waals surface area contributed by atoms with E-state index >= 15 is 0 Å². The molecule has 0 aromatic heterocycles. The highest BCUT2D eigenvalue weighted by Gasteiger charge is 2.35. The van der Waals surface area contributed by atoms with Gasteiger partial charge >= 0.3 is 5.97 Å². The SMILES string of the molecule is CC(=O)N[C@@](C)(NC(=O)CN)C(=O)O. The van der Waals surface area contributed by atoms with Crippen molar-refractivity contribution >= 4 is 17.8 Å². The van der Waals surface area contributed by atoms with Crippen LogP contribution in [0.25, 0.3) is 0 Å². The molecule has 14 heavy (non-hydrogen) atoms. The molecule has 0 heterocycles. The first-order valence-corrected chi connectivity index (χ1v) is 3.85. The van der Waals surface area contributed by atoms with Gasteiger partial charge in [-0.05, 0) is 6.92 Å². The third-order valence-corrected chi connectivity index (χ3v) is 1.43. The number of hydrogen-bond donors (Lipinski definition) is 4. The Morgan fingerprint density at radius 3 is 2.14 bits per heavy atom. The van der Waals surface area contributed by atoms with Gasteiger partial charge in [0.1, 0.15) is 0 Å². The molecule has 0 fully saturated rings. The molecular formula is C7H13N3O4. The molecule has 0 aliphatic heterocycles. The fourth-order valence-electron chi connectivity index (χ4n) is 0.820. The third kappa shape index (κ3) is 3.40. The lowest BCUT2D eigenvalue weighted by molar-refractivity contribution is -0.150. The fourth-order valence-corrected chi connectivity index (χ4v) is 0.820. The van der Waals surface area contributed by atoms with E-state index in [1.165, 1.54) is 0 Å². The van der Waals surface area contributed by atoms with Crippen LogP contribution in [0.5, 0.6) is 0 Å². The lowest BCUT2D eigenvalue weighted by atomic mass is 10.2. The van der Waals surface area contributed by atoms with Crippen LogP contribution in [0.4, 0.5) is 0 Å². The van der Waals surface area contributed by atoms with Crippen molar-refractivity contribution in [1.82, 2.24) is 10.6 Å². The Kier molecular flexibility index (Phi) is 4.03. The van der Waals surface area contributed by atoms with E-state index in [1.807, 2.05) is 0 Å². The molecule has 0 aliphatic carbocycles. The van der Waals surface area contributed by atoms with Gasteiger partial charge in [0.15, 0.2) is 0 Å². The van der Waals surface area contributed by atoms with Gasteiger partial charge in [0.05, 0.1) is 6.54 Å². The van der Waals surface area contributed by atoms with E-state index in [4.69, 9.17) is 10.8 Å². The normalized spacial score (nSPS) is 13.9. The topological polar surface area (TPSA) is 122 Å². The molecule has 5 N–H and O–H groups in total. The van der Waals surface area contributed by atoms with Gasteiger partial charge in [-0.3, -0.25) is 9.59 Å². The van der Waals surface area contributed by atoms with E-state index < -0.39 is 23.4 Å². The van der Waals surface area contributed by atoms with Crippen molar-refractivity contribution in [3.63, 3.8) is 0 Å². The number of amides is 2. The quantitative estimate of drug-likeness (QED) is 0.394. The second-order valence-electron chi connectivity index (χ2n) is 2.86. The van der Waals surface area contributed by atoms with Crippen molar-refractivity contribution in [3.05, 3.63) is 0 Å². The van der Waals surface area contributed by atoms with Gasteiger partial charge in [0.2, 0.25) is 17.5 Å². The Morgan fingerprint density at radius 2 is 1.86 bits per heavy atom. The lowest BCUT2D eigenvalue weighted by Crippen LogP contribution is -2.64. The summed E-state index contributed by atoms with van der Waals surface area (Å²) in [6, 6.07) is 0. The number of nitrogens with two attached hydrogens (primary N) is 1. The van der Waals surface area contributed by atoms with Crippen LogP contribution < -0.4 is 16.4 Å². The van der Waals surface area contributed by atoms with Gasteiger partial charge in [-0.15, -0.1) is 0 Å². The molecule has 1 atom stereocenters. The molecule has 7 nitrogen and oxygen atoms in total. The summed E-state index contributed by atoms with van der Waals surface area (Å²) in [6.45, 7) is 1.96. The van der Waals surface area contributed by atoms with Crippen molar-refractivity contribution in [1.29, 1.82) is 0 Å². The van der Waals surface area contributed by atoms with Gasteiger partial charge in [-0.1, -0.05) is 0 Å². The van der Waals surface area contributed by atoms with Gasteiger partial charge in [0.25, 0.3) is 0 Å². The van der Waals surface area contributed by atoms with Gasteiger partial charge in [0, 0.05) is 6.92 Å². The van der Waals surface area contributed by atoms with Crippen molar-refractivity contribution in [3.8, 4) is 0 Å². The van der Waals surface area contributed by atoms with Crippen molar-refractivity contribution in [2.45, 2.75) is 19.5 Å². The number of carboxylic acids is 1. The summed E-state index contributed by atoms with van der Waals surface area (Å²) in [4.78, 5) is 32.3. The number of nitrogens with one attached hydrogen (secondary N) is 2. The summed E-state index contributed by atoms with van der Waals surface area (Å²) >= 11 is 0. The van der Waals surface area contributed by atoms with Gasteiger partial charge in [-0.2, -0.15) is 0 Å². The van der Waals surface area contributed by atoms with Crippen LogP contribution in [0.3, 0.4) is 0 Å². The second kappa shape index (κ2) is 4.56. The summed E-state index contributed by atoms with van der Waals surface area (Å²) in [6.07, 6.45) is 0. The molecule has 0 radical (unpaired) electrons. The Labute approximate surface area is 80.6 Å². The highest BCUT2D eigenvalue weighted by molar-refractivity contribution is 5.90. The maximum atomic E-state index is 10.9. The lowest BCUT2D eigenvalue weighted by Gasteiger charge is -2.26. The summed E-state index contributed by atoms with van der Waals surface area (Å²) in [7, 11) is 0. The average molecular weight is 203 g/mol. The number of carbonyl (C=O) groups is 3. The first-order chi connectivity index (χ1) is 6.31. The molecular weight excluding hydrogens is 190 g/mol. The third-order valence-electron chi connectivity index (χ3n) is 1.43. The first kappa shape index (κ1) is 12.4. The Morgan fingerprint density at radius 1 is 1.36 bits per heavy atom. The molecule has 0 saturated heterocycles. The Hall–Kier alpha value is -1.63. The van der Waals surface area contributed by atoms with Crippen LogP contribution in [0.1, 0.15) is 13.8 Å². The zero-order valence-corrected chi connectivity index (χ0v) is 7.96. The second-order valence-corrected chi connectivity index (χ2v) is 2.86. The van der Waals surface area contributed by atoms with E-state index in [1.54, 1.807) is 0 Å². The molecule has 0 saturated carbocycles. The highest BCUT2D eigenvalue weighted by Crippen LogP contribution is 1.98. The monoisotopic (exact) mass is 203 g/mol. The van der Waals surface area contributed by atoms with Crippen molar-refractivity contribution in [2.75, 3.05) is 6.54 Å². The predicted octanol–water partition coefficient (Wildman–Crippen LogP) is -2.00. The van der Waals surface area contributed by atoms with Crippen molar-refractivity contribution < 1.29 is 19.5 Å². The number of hydrogen-bond acceptors (Lipinski definition) is 4. The predicted molar refractivity (Wildman–Crippen MR) is 47.1 cm³/mol. The first-order valence-electron chi connectivity index (χ1n) is 3.85. The Bertz CT molecular complexity index is 266. The highest BCUT2D eigenvalue weighted by atomic mass is 16.4. The zero-order chi connectivity index (χ0) is 11.4. The minimum atomic E-state index is -1.82. The number of carbonyl (C=O) groups excluding carboxylic acids is 2. The van der Waals surface area contributed by atoms with E-state index in [2.05, 4.69) is 10.6 Å². The molecule has 80 valence electrons. The maximum Gasteiger partial charge on any atom is 0.350 e. The van der Waals surface area contributed by atoms with Crippen LogP contribution in [0.15, 0.2) is 0 Å². The van der Waals surface area contributed by atoms with E-state index in [-0.39, 0.29) is 6.54 Å². The smallest absolute Gasteiger partial charge is 0.350 e. The minimum Gasteiger partial charge on any atom is -0.478 e. The molecule has 7 heteroatoms. The fraction of sp³-hybridized carbons (Fsp3) is 0.571. The van der Waals surface area contributed by atoms with Crippen LogP contribution >= 0.6 is 0 Å². The molecule has 0 spiro atoms. The zero-order valence-electron chi connectivity index (χ0n) is 7.96. The minimum absolute atomic E-state index is 0.345. The largest absolute Gasteiger partial charge is 0.478 e. The van der Waals surface area contributed by atoms with Gasteiger partial charge < -0.3 is 21.5 Å². The number of rotatable bonds is 4. The molecule has 0 bridgehead atoms. The number of carboxylic acid groups (broad SMARTS) is 1. The molecule has 0 aromatic rings. The van der Waals surface area contributed by atoms with Crippen LogP contribution in [-0.2, 0) is 14.4 Å². The van der Waals surface area contributed by atoms with Gasteiger partial charge in [-0.25, -0.2) is 4.79 Å². The average Bonchev–Trinajstić information content (AvgIpc) is 2.02. The molecule has 0 unspecified atom stereocenters. The summed E-state index contributed by atoms with van der Waals surface area (Å²) in [5.41, 5.74) is 3.18. The molecule has 0 aliphatic rings. The van der Waals surface area contributed by atoms with Crippen LogP contribution in [0.2, 0.25) is 0 Å².